The van der Waals surface area contributed by atoms with Gasteiger partial charge in [0, 0.05) is 0 Å². The van der Waals surface area contributed by atoms with Crippen molar-refractivity contribution in [3.05, 3.63) is 34.9 Å². The van der Waals surface area contributed by atoms with Gasteiger partial charge < -0.3 is 0 Å². The van der Waals surface area contributed by atoms with E-state index in [-0.39, 0.29) is 0 Å². The number of hydrogen-bond donors (Lipinski definition) is 0. The zero-order chi connectivity index (χ0) is 18.8. The van der Waals surface area contributed by atoms with E-state index in [9.17, 15) is 0 Å². The van der Waals surface area contributed by atoms with Gasteiger partial charge in [-0.25, -0.2) is 0 Å². The first-order chi connectivity index (χ1) is 11.8. The van der Waals surface area contributed by atoms with Crippen LogP contribution in [-0.4, -0.2) is 25.1 Å². The highest BCUT2D eigenvalue weighted by molar-refractivity contribution is 6.48. The van der Waals surface area contributed by atoms with E-state index in [2.05, 4.69) is 21.0 Å². The first kappa shape index (κ1) is 23.1. The number of quaternary nitrogens is 1. The normalized spacial score (nSPS) is 12.6. The van der Waals surface area contributed by atoms with Crippen LogP contribution in [0, 0.1) is 0 Å². The Hall–Kier alpha value is 0.0500. The molecular weight excluding hydrogens is 373 g/mol. The van der Waals surface area contributed by atoms with Gasteiger partial charge in [0.2, 0.25) is 0 Å². The van der Waals surface area contributed by atoms with Crippen molar-refractivity contribution in [1.29, 1.82) is 0 Å². The van der Waals surface area contributed by atoms with Crippen LogP contribution in [0.25, 0.3) is 0 Å². The summed E-state index contributed by atoms with van der Waals surface area (Å²) in [6, 6.07) is 7.59. The molecule has 0 spiro atoms. The van der Waals surface area contributed by atoms with Gasteiger partial charge in [0.05, 0.1) is 31.2 Å². The van der Waals surface area contributed by atoms with Gasteiger partial charge in [-0.2, -0.15) is 0 Å². The summed E-state index contributed by atoms with van der Waals surface area (Å²) in [7, 11) is 4.16. The summed E-state index contributed by atoms with van der Waals surface area (Å²) in [4.78, 5) is 0. The molecular formula is C21H35Cl3N+. The van der Waals surface area contributed by atoms with Crippen molar-refractivity contribution in [2.24, 2.45) is 0 Å². The number of rotatable bonds is 13. The highest BCUT2D eigenvalue weighted by Gasteiger charge is 2.44. The van der Waals surface area contributed by atoms with Crippen LogP contribution < -0.4 is 0 Å². The molecule has 0 aliphatic rings. The monoisotopic (exact) mass is 406 g/mol. The summed E-state index contributed by atoms with van der Waals surface area (Å²) in [6.45, 7) is 3.21. The third-order valence-corrected chi connectivity index (χ3v) is 6.68. The molecule has 0 atom stereocenters. The standard InChI is InChI=1S/C21H35Cl3N/c1-4-5-6-7-8-9-10-11-12-15-18-25(2,3)21(23,24)19-16-13-14-17-20(19)22/h13-14,16-17H,4-12,15,18H2,1-3H3/q+1. The molecule has 0 N–H and O–H groups in total. The average Bonchev–Trinajstić information content (AvgIpc) is 2.56. The lowest BCUT2D eigenvalue weighted by Crippen LogP contribution is -2.51. The minimum absolute atomic E-state index is 0.511. The quantitative estimate of drug-likeness (QED) is 0.135. The van der Waals surface area contributed by atoms with Crippen LogP contribution in [0.15, 0.2) is 24.3 Å². The Balaban J connectivity index is 2.30. The van der Waals surface area contributed by atoms with Crippen LogP contribution in [0.5, 0.6) is 0 Å². The summed E-state index contributed by atoms with van der Waals surface area (Å²) in [5, 5.41) is 0.627. The predicted molar refractivity (Wildman–Crippen MR) is 114 cm³/mol. The molecule has 1 aromatic rings. The van der Waals surface area contributed by atoms with Crippen molar-refractivity contribution in [2.45, 2.75) is 75.6 Å². The van der Waals surface area contributed by atoms with Crippen LogP contribution in [0.4, 0.5) is 0 Å². The van der Waals surface area contributed by atoms with Gasteiger partial charge in [-0.1, -0.05) is 82.0 Å². The second-order valence-electron chi connectivity index (χ2n) is 7.61. The largest absolute Gasteiger partial charge is 0.294 e. The van der Waals surface area contributed by atoms with Crippen molar-refractivity contribution in [3.63, 3.8) is 0 Å². The fraction of sp³-hybridized carbons (Fsp3) is 0.714. The Bertz CT molecular complexity index is 486. The van der Waals surface area contributed by atoms with E-state index in [1.807, 2.05) is 24.3 Å². The zero-order valence-corrected chi connectivity index (χ0v) is 18.4. The summed E-state index contributed by atoms with van der Waals surface area (Å²) in [5.41, 5.74) is 0.789. The molecule has 0 unspecified atom stereocenters. The van der Waals surface area contributed by atoms with Crippen LogP contribution in [0.1, 0.15) is 76.7 Å². The molecule has 0 amide bonds. The first-order valence-corrected chi connectivity index (χ1v) is 10.9. The van der Waals surface area contributed by atoms with E-state index in [0.717, 1.165) is 18.5 Å². The molecule has 0 radical (unpaired) electrons. The Labute approximate surface area is 170 Å². The van der Waals surface area contributed by atoms with Crippen molar-refractivity contribution in [3.8, 4) is 0 Å². The van der Waals surface area contributed by atoms with Crippen molar-refractivity contribution >= 4 is 34.8 Å². The van der Waals surface area contributed by atoms with Gasteiger partial charge in [-0.3, -0.25) is 4.48 Å². The predicted octanol–water partition coefficient (Wildman–Crippen LogP) is 7.93. The molecule has 1 nitrogen and oxygen atoms in total. The van der Waals surface area contributed by atoms with Crippen molar-refractivity contribution in [1.82, 2.24) is 0 Å². The molecule has 4 heteroatoms. The fourth-order valence-corrected chi connectivity index (χ4v) is 4.03. The fourth-order valence-electron chi connectivity index (χ4n) is 3.17. The van der Waals surface area contributed by atoms with Gasteiger partial charge in [0.1, 0.15) is 0 Å². The summed E-state index contributed by atoms with van der Waals surface area (Å²) < 4.78 is -0.519. The number of benzene rings is 1. The maximum Gasteiger partial charge on any atom is 0.278 e. The Morgan fingerprint density at radius 1 is 0.800 bits per heavy atom. The molecule has 0 fully saturated rings. The van der Waals surface area contributed by atoms with E-state index in [0.29, 0.717) is 9.51 Å². The minimum Gasteiger partial charge on any atom is -0.294 e. The molecule has 0 saturated carbocycles. The maximum atomic E-state index is 6.73. The Kier molecular flexibility index (Phi) is 10.8. The zero-order valence-electron chi connectivity index (χ0n) is 16.2. The van der Waals surface area contributed by atoms with Crippen molar-refractivity contribution < 1.29 is 4.48 Å². The summed E-state index contributed by atoms with van der Waals surface area (Å²) >= 11 is 19.8. The van der Waals surface area contributed by atoms with E-state index in [4.69, 9.17) is 34.8 Å². The lowest BCUT2D eigenvalue weighted by atomic mass is 10.1. The van der Waals surface area contributed by atoms with Crippen LogP contribution >= 0.6 is 34.8 Å². The van der Waals surface area contributed by atoms with Gasteiger partial charge in [0.25, 0.3) is 4.46 Å². The molecule has 0 bridgehead atoms. The minimum atomic E-state index is -1.03. The number of unbranched alkanes of at least 4 members (excludes halogenated alkanes) is 9. The summed E-state index contributed by atoms with van der Waals surface area (Å²) in [6.07, 6.45) is 13.3. The number of nitrogens with zero attached hydrogens (tertiary/aromatic N) is 1. The molecule has 0 heterocycles. The first-order valence-electron chi connectivity index (χ1n) is 9.79. The van der Waals surface area contributed by atoms with E-state index >= 15 is 0 Å². The Morgan fingerprint density at radius 2 is 1.28 bits per heavy atom. The van der Waals surface area contributed by atoms with Crippen molar-refractivity contribution in [2.75, 3.05) is 20.6 Å². The average molecular weight is 408 g/mol. The molecule has 25 heavy (non-hydrogen) atoms. The van der Waals surface area contributed by atoms with Crippen LogP contribution in [0.3, 0.4) is 0 Å². The van der Waals surface area contributed by atoms with E-state index in [1.165, 1.54) is 57.8 Å². The molecule has 144 valence electrons. The second-order valence-corrected chi connectivity index (χ2v) is 9.31. The molecule has 1 rings (SSSR count). The SMILES string of the molecule is CCCCCCCCCCCC[N+](C)(C)C(Cl)(Cl)c1ccccc1Cl. The topological polar surface area (TPSA) is 0 Å². The van der Waals surface area contributed by atoms with E-state index in [1.54, 1.807) is 0 Å². The van der Waals surface area contributed by atoms with Crippen LogP contribution in [-0.2, 0) is 4.46 Å². The smallest absolute Gasteiger partial charge is 0.278 e. The third-order valence-electron chi connectivity index (χ3n) is 5.03. The third kappa shape index (κ3) is 7.67. The molecule has 0 aliphatic carbocycles. The summed E-state index contributed by atoms with van der Waals surface area (Å²) in [5.74, 6) is 0. The van der Waals surface area contributed by atoms with Gasteiger partial charge in [0.15, 0.2) is 0 Å². The lowest BCUT2D eigenvalue weighted by Gasteiger charge is -2.40. The van der Waals surface area contributed by atoms with Gasteiger partial charge in [-0.05, 0) is 48.2 Å². The highest BCUT2D eigenvalue weighted by atomic mass is 35.5. The highest BCUT2D eigenvalue weighted by Crippen LogP contribution is 2.44. The number of alkyl halides is 2. The van der Waals surface area contributed by atoms with Crippen LogP contribution in [0.2, 0.25) is 5.02 Å². The number of hydrogen-bond acceptors (Lipinski definition) is 0. The Morgan fingerprint density at radius 3 is 1.80 bits per heavy atom. The maximum absolute atomic E-state index is 6.73. The van der Waals surface area contributed by atoms with E-state index < -0.39 is 4.46 Å². The lowest BCUT2D eigenvalue weighted by molar-refractivity contribution is -0.920. The van der Waals surface area contributed by atoms with Gasteiger partial charge in [-0.15, -0.1) is 0 Å². The molecule has 0 aromatic heterocycles. The molecule has 1 aromatic carbocycles. The molecule has 0 saturated heterocycles. The second kappa shape index (κ2) is 11.7. The van der Waals surface area contributed by atoms with Gasteiger partial charge >= 0.3 is 0 Å². The molecule has 0 aliphatic heterocycles. The number of halogens is 3.